The Labute approximate surface area is 76.4 Å². The van der Waals surface area contributed by atoms with Gasteiger partial charge in [-0.15, -0.1) is 0 Å². The van der Waals surface area contributed by atoms with E-state index in [2.05, 4.69) is 0 Å². The molecule has 0 aromatic carbocycles. The van der Waals surface area contributed by atoms with Gasteiger partial charge in [0.1, 0.15) is 5.78 Å². The van der Waals surface area contributed by atoms with Crippen LogP contribution in [0.5, 0.6) is 0 Å². The van der Waals surface area contributed by atoms with Gasteiger partial charge in [0.05, 0.1) is 6.04 Å². The first-order valence-electron chi connectivity index (χ1n) is 4.44. The summed E-state index contributed by atoms with van der Waals surface area (Å²) in [5, 5.41) is 0. The molecule has 1 heterocycles. The second-order valence-corrected chi connectivity index (χ2v) is 3.36. The van der Waals surface area contributed by atoms with E-state index in [0.717, 1.165) is 0 Å². The third kappa shape index (κ3) is 1.54. The van der Waals surface area contributed by atoms with Crippen molar-refractivity contribution in [2.45, 2.75) is 25.3 Å². The summed E-state index contributed by atoms with van der Waals surface area (Å²) in [6, 6.07) is 3.50. The van der Waals surface area contributed by atoms with Crippen molar-refractivity contribution in [3.05, 3.63) is 24.5 Å². The molecule has 0 N–H and O–H groups in total. The Balaban J connectivity index is 2.22. The zero-order valence-electron chi connectivity index (χ0n) is 7.27. The summed E-state index contributed by atoms with van der Waals surface area (Å²) in [6.45, 7) is 0. The number of hydrogen-bond acceptors (Lipinski definition) is 2. The average Bonchev–Trinajstić information content (AvgIpc) is 2.61. The van der Waals surface area contributed by atoms with Crippen LogP contribution in [0.25, 0.3) is 0 Å². The Hall–Kier alpha value is -1.38. The van der Waals surface area contributed by atoms with Crippen molar-refractivity contribution < 1.29 is 9.59 Å². The zero-order chi connectivity index (χ0) is 9.26. The fraction of sp³-hybridized carbons (Fsp3) is 0.400. The van der Waals surface area contributed by atoms with Crippen LogP contribution in [0, 0.1) is 0 Å². The quantitative estimate of drug-likeness (QED) is 0.649. The Morgan fingerprint density at radius 3 is 2.54 bits per heavy atom. The summed E-state index contributed by atoms with van der Waals surface area (Å²) in [6.07, 6.45) is 4.87. The van der Waals surface area contributed by atoms with Gasteiger partial charge in [-0.2, -0.15) is 0 Å². The Morgan fingerprint density at radius 1 is 1.15 bits per heavy atom. The van der Waals surface area contributed by atoms with Crippen molar-refractivity contribution in [3.8, 4) is 0 Å². The van der Waals surface area contributed by atoms with Gasteiger partial charge in [0.15, 0.2) is 5.78 Å². The average molecular weight is 177 g/mol. The number of carbonyl (C=O) groups excluding carboxylic acids is 2. The Morgan fingerprint density at radius 2 is 1.85 bits per heavy atom. The summed E-state index contributed by atoms with van der Waals surface area (Å²) in [5.41, 5.74) is 0. The topological polar surface area (TPSA) is 39.1 Å². The van der Waals surface area contributed by atoms with E-state index in [1.165, 1.54) is 0 Å². The molecule has 1 aromatic rings. The maximum Gasteiger partial charge on any atom is 0.156 e. The van der Waals surface area contributed by atoms with Crippen LogP contribution in [0.15, 0.2) is 24.5 Å². The Bertz CT molecular complexity index is 327. The van der Waals surface area contributed by atoms with E-state index < -0.39 is 0 Å². The standard InChI is InChI=1S/C10H11NO2/c12-8-3-4-10(13)9(7-8)11-5-1-2-6-11/h1-2,5-6,9H,3-4,7H2. The molecule has 1 unspecified atom stereocenters. The molecular formula is C10H11NO2. The van der Waals surface area contributed by atoms with Gasteiger partial charge >= 0.3 is 0 Å². The molecule has 2 rings (SSSR count). The number of nitrogens with zero attached hydrogens (tertiary/aromatic N) is 1. The molecular weight excluding hydrogens is 166 g/mol. The van der Waals surface area contributed by atoms with Crippen molar-refractivity contribution in [3.63, 3.8) is 0 Å². The van der Waals surface area contributed by atoms with Crippen molar-refractivity contribution in [2.75, 3.05) is 0 Å². The van der Waals surface area contributed by atoms with Gasteiger partial charge in [-0.3, -0.25) is 9.59 Å². The SMILES string of the molecule is O=C1CCC(=O)C(n2cccc2)C1. The van der Waals surface area contributed by atoms with Crippen LogP contribution in [0.1, 0.15) is 25.3 Å². The molecule has 1 aliphatic rings. The molecule has 1 aromatic heterocycles. The highest BCUT2D eigenvalue weighted by atomic mass is 16.1. The molecule has 0 saturated heterocycles. The first kappa shape index (κ1) is 8.23. The number of rotatable bonds is 1. The molecule has 3 heteroatoms. The van der Waals surface area contributed by atoms with Crippen molar-refractivity contribution in [2.24, 2.45) is 0 Å². The van der Waals surface area contributed by atoms with Crippen LogP contribution in [0.2, 0.25) is 0 Å². The smallest absolute Gasteiger partial charge is 0.156 e. The molecule has 1 atom stereocenters. The lowest BCUT2D eigenvalue weighted by molar-refractivity contribution is -0.132. The summed E-state index contributed by atoms with van der Waals surface area (Å²) in [4.78, 5) is 22.6. The molecule has 13 heavy (non-hydrogen) atoms. The van der Waals surface area contributed by atoms with Gasteiger partial charge in [-0.05, 0) is 12.1 Å². The van der Waals surface area contributed by atoms with Crippen molar-refractivity contribution in [1.29, 1.82) is 0 Å². The molecule has 1 saturated carbocycles. The minimum absolute atomic E-state index is 0.177. The van der Waals surface area contributed by atoms with E-state index in [0.29, 0.717) is 19.3 Å². The fourth-order valence-electron chi connectivity index (χ4n) is 1.69. The van der Waals surface area contributed by atoms with Crippen LogP contribution in [-0.4, -0.2) is 16.1 Å². The molecule has 68 valence electrons. The van der Waals surface area contributed by atoms with Crippen LogP contribution in [0.4, 0.5) is 0 Å². The van der Waals surface area contributed by atoms with Crippen LogP contribution >= 0.6 is 0 Å². The number of carbonyl (C=O) groups is 2. The van der Waals surface area contributed by atoms with Gasteiger partial charge in [0.25, 0.3) is 0 Å². The minimum Gasteiger partial charge on any atom is -0.343 e. The van der Waals surface area contributed by atoms with Crippen LogP contribution < -0.4 is 0 Å². The van der Waals surface area contributed by atoms with Gasteiger partial charge in [-0.1, -0.05) is 0 Å². The zero-order valence-corrected chi connectivity index (χ0v) is 7.27. The predicted octanol–water partition coefficient (Wildman–Crippen LogP) is 1.35. The second kappa shape index (κ2) is 3.17. The minimum atomic E-state index is -0.240. The summed E-state index contributed by atoms with van der Waals surface area (Å²) < 4.78 is 1.82. The lowest BCUT2D eigenvalue weighted by Crippen LogP contribution is -2.26. The lowest BCUT2D eigenvalue weighted by Gasteiger charge is -2.20. The number of Topliss-reactive ketones (excluding diaryl/α,β-unsaturated/α-hetero) is 2. The predicted molar refractivity (Wildman–Crippen MR) is 47.3 cm³/mol. The first-order valence-corrected chi connectivity index (χ1v) is 4.44. The summed E-state index contributed by atoms with van der Waals surface area (Å²) in [5.74, 6) is 0.370. The highest BCUT2D eigenvalue weighted by Crippen LogP contribution is 2.22. The first-order chi connectivity index (χ1) is 6.27. The number of ketones is 2. The van der Waals surface area contributed by atoms with E-state index in [4.69, 9.17) is 0 Å². The van der Waals surface area contributed by atoms with Crippen LogP contribution in [0.3, 0.4) is 0 Å². The van der Waals surface area contributed by atoms with E-state index in [1.807, 2.05) is 29.1 Å². The van der Waals surface area contributed by atoms with Crippen molar-refractivity contribution >= 4 is 11.6 Å². The van der Waals surface area contributed by atoms with Gasteiger partial charge < -0.3 is 4.57 Å². The number of hydrogen-bond donors (Lipinski definition) is 0. The maximum atomic E-state index is 11.5. The molecule has 0 bridgehead atoms. The monoisotopic (exact) mass is 177 g/mol. The lowest BCUT2D eigenvalue weighted by atomic mass is 9.93. The van der Waals surface area contributed by atoms with E-state index in [-0.39, 0.29) is 17.6 Å². The fourth-order valence-corrected chi connectivity index (χ4v) is 1.69. The molecule has 0 aliphatic heterocycles. The third-order valence-corrected chi connectivity index (χ3v) is 2.43. The van der Waals surface area contributed by atoms with Gasteiger partial charge in [0.2, 0.25) is 0 Å². The van der Waals surface area contributed by atoms with Gasteiger partial charge in [-0.25, -0.2) is 0 Å². The van der Waals surface area contributed by atoms with E-state index >= 15 is 0 Å². The summed E-state index contributed by atoms with van der Waals surface area (Å²) >= 11 is 0. The van der Waals surface area contributed by atoms with Gasteiger partial charge in [0, 0.05) is 31.7 Å². The van der Waals surface area contributed by atoms with E-state index in [9.17, 15) is 9.59 Å². The Kier molecular flexibility index (Phi) is 2.00. The number of aromatic nitrogens is 1. The van der Waals surface area contributed by atoms with Crippen LogP contribution in [-0.2, 0) is 9.59 Å². The highest BCUT2D eigenvalue weighted by molar-refractivity contribution is 5.95. The molecule has 3 nitrogen and oxygen atoms in total. The third-order valence-electron chi connectivity index (χ3n) is 2.43. The molecule has 0 amide bonds. The molecule has 1 fully saturated rings. The highest BCUT2D eigenvalue weighted by Gasteiger charge is 2.27. The largest absolute Gasteiger partial charge is 0.343 e. The van der Waals surface area contributed by atoms with E-state index in [1.54, 1.807) is 0 Å². The normalized spacial score (nSPS) is 23.5. The molecule has 1 aliphatic carbocycles. The second-order valence-electron chi connectivity index (χ2n) is 3.36. The van der Waals surface area contributed by atoms with Crippen molar-refractivity contribution in [1.82, 2.24) is 4.57 Å². The molecule has 0 radical (unpaired) electrons. The molecule has 0 spiro atoms. The maximum absolute atomic E-state index is 11.5. The summed E-state index contributed by atoms with van der Waals surface area (Å²) in [7, 11) is 0.